The van der Waals surface area contributed by atoms with Crippen molar-refractivity contribution < 1.29 is 14.2 Å². The van der Waals surface area contributed by atoms with Gasteiger partial charge < -0.3 is 19.9 Å². The molecule has 0 aliphatic carbocycles. The first-order chi connectivity index (χ1) is 9.66. The average Bonchev–Trinajstić information content (AvgIpc) is 2.47. The van der Waals surface area contributed by atoms with Crippen molar-refractivity contribution in [3.63, 3.8) is 0 Å². The van der Waals surface area contributed by atoms with Crippen molar-refractivity contribution in [2.45, 2.75) is 0 Å². The molecule has 20 heavy (non-hydrogen) atoms. The smallest absolute Gasteiger partial charge is 0.228 e. The molecule has 0 saturated carbocycles. The van der Waals surface area contributed by atoms with Gasteiger partial charge in [-0.2, -0.15) is 15.2 Å². The van der Waals surface area contributed by atoms with Gasteiger partial charge in [0.2, 0.25) is 17.7 Å². The lowest BCUT2D eigenvalue weighted by atomic mass is 10.2. The summed E-state index contributed by atoms with van der Waals surface area (Å²) in [5.41, 5.74) is 6.01. The van der Waals surface area contributed by atoms with E-state index in [-0.39, 0.29) is 11.8 Å². The summed E-state index contributed by atoms with van der Waals surface area (Å²) < 4.78 is 15.7. The van der Waals surface area contributed by atoms with Gasteiger partial charge in [-0.1, -0.05) is 0 Å². The van der Waals surface area contributed by atoms with Gasteiger partial charge in [0.1, 0.15) is 0 Å². The van der Waals surface area contributed by atoms with Gasteiger partial charge in [0.25, 0.3) is 0 Å². The summed E-state index contributed by atoms with van der Waals surface area (Å²) >= 11 is 0. The Morgan fingerprint density at radius 1 is 1.05 bits per heavy atom. The van der Waals surface area contributed by atoms with Crippen molar-refractivity contribution in [3.8, 4) is 29.3 Å². The third kappa shape index (κ3) is 2.87. The molecule has 0 fully saturated rings. The number of benzene rings is 1. The van der Waals surface area contributed by atoms with E-state index in [4.69, 9.17) is 25.2 Å². The van der Waals surface area contributed by atoms with E-state index in [1.54, 1.807) is 18.2 Å². The van der Waals surface area contributed by atoms with Gasteiger partial charge in [-0.3, -0.25) is 0 Å². The van der Waals surface area contributed by atoms with Gasteiger partial charge >= 0.3 is 0 Å². The number of nitrogen functional groups attached to an aromatic ring is 1. The molecule has 0 atom stereocenters. The number of ether oxygens (including phenoxy) is 3. The second-order valence-electron chi connectivity index (χ2n) is 3.69. The highest BCUT2D eigenvalue weighted by atomic mass is 16.5. The fourth-order valence-electron chi connectivity index (χ4n) is 1.51. The SMILES string of the molecule is COc1cc(Oc2ccc(C#N)cc2OC)nc(N)n1. The minimum Gasteiger partial charge on any atom is -0.493 e. The second kappa shape index (κ2) is 5.75. The van der Waals surface area contributed by atoms with Crippen LogP contribution in [0.2, 0.25) is 0 Å². The van der Waals surface area contributed by atoms with Crippen LogP contribution >= 0.6 is 0 Å². The van der Waals surface area contributed by atoms with E-state index in [0.29, 0.717) is 22.9 Å². The van der Waals surface area contributed by atoms with Crippen molar-refractivity contribution in [3.05, 3.63) is 29.8 Å². The second-order valence-corrected chi connectivity index (χ2v) is 3.69. The predicted molar refractivity (Wildman–Crippen MR) is 70.8 cm³/mol. The molecular formula is C13H12N4O3. The molecule has 1 aromatic carbocycles. The Morgan fingerprint density at radius 2 is 1.80 bits per heavy atom. The highest BCUT2D eigenvalue weighted by Gasteiger charge is 2.10. The van der Waals surface area contributed by atoms with Crippen molar-refractivity contribution in [2.75, 3.05) is 20.0 Å². The van der Waals surface area contributed by atoms with Crippen molar-refractivity contribution in [2.24, 2.45) is 0 Å². The number of anilines is 1. The Bertz CT molecular complexity index is 667. The average molecular weight is 272 g/mol. The maximum atomic E-state index is 8.84. The fourth-order valence-corrected chi connectivity index (χ4v) is 1.51. The number of hydrogen-bond acceptors (Lipinski definition) is 7. The Kier molecular flexibility index (Phi) is 3.86. The maximum Gasteiger partial charge on any atom is 0.228 e. The monoisotopic (exact) mass is 272 g/mol. The van der Waals surface area contributed by atoms with Crippen LogP contribution in [0.5, 0.6) is 23.3 Å². The number of rotatable bonds is 4. The van der Waals surface area contributed by atoms with Gasteiger partial charge in [0, 0.05) is 6.07 Å². The van der Waals surface area contributed by atoms with E-state index < -0.39 is 0 Å². The zero-order valence-electron chi connectivity index (χ0n) is 11.0. The largest absolute Gasteiger partial charge is 0.493 e. The molecule has 1 heterocycles. The van der Waals surface area contributed by atoms with Gasteiger partial charge in [-0.25, -0.2) is 0 Å². The summed E-state index contributed by atoms with van der Waals surface area (Å²) in [6.45, 7) is 0. The van der Waals surface area contributed by atoms with Crippen LogP contribution in [0.15, 0.2) is 24.3 Å². The molecule has 2 aromatic rings. The molecule has 0 radical (unpaired) electrons. The number of nitrogens with two attached hydrogens (primary N) is 1. The Hall–Kier alpha value is -3.01. The zero-order valence-corrected chi connectivity index (χ0v) is 11.0. The van der Waals surface area contributed by atoms with E-state index >= 15 is 0 Å². The summed E-state index contributed by atoms with van der Waals surface area (Å²) in [5.74, 6) is 1.37. The molecule has 1 aromatic heterocycles. The van der Waals surface area contributed by atoms with Crippen LogP contribution in [0, 0.1) is 11.3 Å². The molecule has 0 saturated heterocycles. The van der Waals surface area contributed by atoms with Gasteiger partial charge in [0.05, 0.1) is 31.9 Å². The van der Waals surface area contributed by atoms with Gasteiger partial charge in [-0.15, -0.1) is 0 Å². The Balaban J connectivity index is 2.34. The molecule has 2 N–H and O–H groups in total. The van der Waals surface area contributed by atoms with E-state index in [9.17, 15) is 0 Å². The topological polar surface area (TPSA) is 103 Å². The van der Waals surface area contributed by atoms with Crippen LogP contribution < -0.4 is 19.9 Å². The molecule has 0 aliphatic heterocycles. The number of aromatic nitrogens is 2. The summed E-state index contributed by atoms with van der Waals surface area (Å²) in [6.07, 6.45) is 0. The molecule has 2 rings (SSSR count). The van der Waals surface area contributed by atoms with Crippen LogP contribution in [0.3, 0.4) is 0 Å². The highest BCUT2D eigenvalue weighted by molar-refractivity contribution is 5.48. The number of nitriles is 1. The summed E-state index contributed by atoms with van der Waals surface area (Å²) in [4.78, 5) is 7.79. The molecule has 0 amide bonds. The van der Waals surface area contributed by atoms with E-state index in [1.165, 1.54) is 20.3 Å². The molecule has 0 bridgehead atoms. The third-order valence-electron chi connectivity index (χ3n) is 2.41. The molecule has 102 valence electrons. The van der Waals surface area contributed by atoms with Gasteiger partial charge in [0.15, 0.2) is 11.5 Å². The van der Waals surface area contributed by atoms with E-state index in [0.717, 1.165) is 0 Å². The first-order valence-electron chi connectivity index (χ1n) is 5.61. The van der Waals surface area contributed by atoms with Crippen LogP contribution in [0.4, 0.5) is 5.95 Å². The predicted octanol–water partition coefficient (Wildman–Crippen LogP) is 1.74. The third-order valence-corrected chi connectivity index (χ3v) is 2.41. The van der Waals surface area contributed by atoms with E-state index in [1.807, 2.05) is 6.07 Å². The minimum absolute atomic E-state index is 0.0342. The first-order valence-corrected chi connectivity index (χ1v) is 5.61. The van der Waals surface area contributed by atoms with Crippen LogP contribution in [-0.2, 0) is 0 Å². The molecule has 7 nitrogen and oxygen atoms in total. The fraction of sp³-hybridized carbons (Fsp3) is 0.154. The lowest BCUT2D eigenvalue weighted by Crippen LogP contribution is -2.00. The first kappa shape index (κ1) is 13.4. The minimum atomic E-state index is 0.0342. The maximum absolute atomic E-state index is 8.84. The quantitative estimate of drug-likeness (QED) is 0.903. The lowest BCUT2D eigenvalue weighted by Gasteiger charge is -2.10. The molecular weight excluding hydrogens is 260 g/mol. The Labute approximate surface area is 115 Å². The summed E-state index contributed by atoms with van der Waals surface area (Å²) in [6, 6.07) is 8.30. The number of nitrogens with zero attached hydrogens (tertiary/aromatic N) is 3. The molecule has 0 unspecified atom stereocenters. The summed E-state index contributed by atoms with van der Waals surface area (Å²) in [7, 11) is 2.95. The van der Waals surface area contributed by atoms with Crippen molar-refractivity contribution in [1.29, 1.82) is 5.26 Å². The normalized spacial score (nSPS) is 9.65. The molecule has 0 aliphatic rings. The van der Waals surface area contributed by atoms with Crippen LogP contribution in [0.25, 0.3) is 0 Å². The highest BCUT2D eigenvalue weighted by Crippen LogP contribution is 2.32. The van der Waals surface area contributed by atoms with Crippen molar-refractivity contribution in [1.82, 2.24) is 9.97 Å². The summed E-state index contributed by atoms with van der Waals surface area (Å²) in [5, 5.41) is 8.84. The van der Waals surface area contributed by atoms with E-state index in [2.05, 4.69) is 9.97 Å². The standard InChI is InChI=1S/C13H12N4O3/c1-18-10-5-8(7-14)3-4-9(10)20-12-6-11(19-2)16-13(15)17-12/h3-6H,1-2H3,(H2,15,16,17). The molecule has 0 spiro atoms. The van der Waals surface area contributed by atoms with Gasteiger partial charge in [-0.05, 0) is 12.1 Å². The van der Waals surface area contributed by atoms with Crippen LogP contribution in [-0.4, -0.2) is 24.2 Å². The number of hydrogen-bond donors (Lipinski definition) is 1. The molecule has 7 heteroatoms. The number of methoxy groups -OCH3 is 2. The van der Waals surface area contributed by atoms with Crippen molar-refractivity contribution >= 4 is 5.95 Å². The zero-order chi connectivity index (χ0) is 14.5. The Morgan fingerprint density at radius 3 is 2.45 bits per heavy atom. The lowest BCUT2D eigenvalue weighted by molar-refractivity contribution is 0.367. The van der Waals surface area contributed by atoms with Crippen LogP contribution in [0.1, 0.15) is 5.56 Å².